The summed E-state index contributed by atoms with van der Waals surface area (Å²) in [7, 11) is 0. The number of nitrogen functional groups attached to an aromatic ring is 1. The molecule has 0 saturated carbocycles. The molecule has 0 spiro atoms. The molecule has 0 bridgehead atoms. The molecule has 0 aliphatic carbocycles. The standard InChI is InChI=1S/2C12H14ClNO2.C2H4N4/c2*1-12(2)8-16-14(11(12)15)7-9-5-3-4-6-10(9)13;3-2-4-1-5-6-2/h2*3-6H,7-8H2,1-2H3;1H,(H3,3,4,5,6). The molecule has 0 atom stereocenters. The van der Waals surface area contributed by atoms with Crippen molar-refractivity contribution in [2.45, 2.75) is 40.8 Å². The van der Waals surface area contributed by atoms with Crippen molar-refractivity contribution in [2.75, 3.05) is 18.9 Å². The molecule has 2 aromatic carbocycles. The Kier molecular flexibility index (Phi) is 9.72. The predicted octanol–water partition coefficient (Wildman–Crippen LogP) is 4.67. The SMILES string of the molecule is CC1(C)CON(Cc2ccccc2Cl)C1=O.CC1(C)CON(Cc2ccccc2Cl)C1=O.Nc1nc[nH]n1. The summed E-state index contributed by atoms with van der Waals surface area (Å²) in [5, 5.41) is 9.99. The molecule has 38 heavy (non-hydrogen) atoms. The molecule has 204 valence electrons. The lowest BCUT2D eigenvalue weighted by atomic mass is 9.95. The third-order valence-electron chi connectivity index (χ3n) is 5.75. The fourth-order valence-electron chi connectivity index (χ4n) is 3.41. The van der Waals surface area contributed by atoms with E-state index in [1.54, 1.807) is 0 Å². The fraction of sp³-hybridized carbons (Fsp3) is 0.385. The van der Waals surface area contributed by atoms with Crippen LogP contribution in [0, 0.1) is 10.8 Å². The van der Waals surface area contributed by atoms with Crippen molar-refractivity contribution >= 4 is 41.0 Å². The van der Waals surface area contributed by atoms with E-state index in [0.29, 0.717) is 36.3 Å². The highest BCUT2D eigenvalue weighted by Crippen LogP contribution is 2.30. The fourth-order valence-corrected chi connectivity index (χ4v) is 3.80. The second-order valence-corrected chi connectivity index (χ2v) is 10.9. The van der Waals surface area contributed by atoms with Crippen LogP contribution >= 0.6 is 23.2 Å². The Morgan fingerprint density at radius 2 is 1.26 bits per heavy atom. The first-order valence-electron chi connectivity index (χ1n) is 11.9. The van der Waals surface area contributed by atoms with Crippen molar-refractivity contribution in [3.8, 4) is 0 Å². The normalized spacial score (nSPS) is 17.5. The van der Waals surface area contributed by atoms with E-state index in [2.05, 4.69) is 15.2 Å². The summed E-state index contributed by atoms with van der Waals surface area (Å²) in [5.74, 6) is 0.301. The number of aromatic amines is 1. The first-order valence-corrected chi connectivity index (χ1v) is 12.6. The molecule has 10 nitrogen and oxygen atoms in total. The van der Waals surface area contributed by atoms with Crippen LogP contribution in [0.15, 0.2) is 54.9 Å². The first kappa shape index (κ1) is 29.4. The number of carbonyl (C=O) groups is 2. The Labute approximate surface area is 231 Å². The Hall–Kier alpha value is -3.18. The summed E-state index contributed by atoms with van der Waals surface area (Å²) in [6.45, 7) is 9.17. The van der Waals surface area contributed by atoms with Gasteiger partial charge in [0.15, 0.2) is 0 Å². The molecule has 2 aliphatic heterocycles. The second kappa shape index (κ2) is 12.6. The number of halogens is 2. The monoisotopic (exact) mass is 562 g/mol. The molecule has 2 fully saturated rings. The summed E-state index contributed by atoms with van der Waals surface area (Å²) in [4.78, 5) is 38.1. The highest BCUT2D eigenvalue weighted by atomic mass is 35.5. The van der Waals surface area contributed by atoms with Crippen LogP contribution in [-0.2, 0) is 32.4 Å². The highest BCUT2D eigenvalue weighted by Gasteiger charge is 2.41. The number of anilines is 1. The van der Waals surface area contributed by atoms with Crippen LogP contribution in [0.4, 0.5) is 5.95 Å². The summed E-state index contributed by atoms with van der Waals surface area (Å²) in [6, 6.07) is 14.9. The van der Waals surface area contributed by atoms with Gasteiger partial charge < -0.3 is 5.73 Å². The van der Waals surface area contributed by atoms with Crippen molar-refractivity contribution in [3.05, 3.63) is 76.0 Å². The number of hydroxylamine groups is 4. The van der Waals surface area contributed by atoms with Crippen LogP contribution in [0.1, 0.15) is 38.8 Å². The minimum absolute atomic E-state index is 0.00687. The van der Waals surface area contributed by atoms with Crippen LogP contribution in [0.5, 0.6) is 0 Å². The number of H-pyrrole nitrogens is 1. The van der Waals surface area contributed by atoms with E-state index in [9.17, 15) is 9.59 Å². The Bertz CT molecular complexity index is 1160. The highest BCUT2D eigenvalue weighted by molar-refractivity contribution is 6.31. The number of hydrogen-bond acceptors (Lipinski definition) is 7. The molecule has 3 N–H and O–H groups in total. The molecule has 5 rings (SSSR count). The number of hydrogen-bond donors (Lipinski definition) is 2. The lowest BCUT2D eigenvalue weighted by Gasteiger charge is -2.16. The number of aromatic nitrogens is 3. The van der Waals surface area contributed by atoms with E-state index in [1.165, 1.54) is 16.5 Å². The van der Waals surface area contributed by atoms with Crippen LogP contribution in [0.3, 0.4) is 0 Å². The van der Waals surface area contributed by atoms with Gasteiger partial charge in [0, 0.05) is 10.0 Å². The lowest BCUT2D eigenvalue weighted by Crippen LogP contribution is -2.30. The third-order valence-corrected chi connectivity index (χ3v) is 6.49. The minimum atomic E-state index is -0.429. The van der Waals surface area contributed by atoms with E-state index in [0.717, 1.165) is 11.1 Å². The zero-order valence-electron chi connectivity index (χ0n) is 21.8. The number of benzene rings is 2. The van der Waals surface area contributed by atoms with E-state index in [-0.39, 0.29) is 17.8 Å². The van der Waals surface area contributed by atoms with Gasteiger partial charge >= 0.3 is 0 Å². The van der Waals surface area contributed by atoms with E-state index >= 15 is 0 Å². The van der Waals surface area contributed by atoms with Gasteiger partial charge in [-0.15, -0.1) is 5.10 Å². The first-order chi connectivity index (χ1) is 17.9. The van der Waals surface area contributed by atoms with Gasteiger partial charge in [0.2, 0.25) is 5.95 Å². The van der Waals surface area contributed by atoms with Crippen molar-refractivity contribution < 1.29 is 19.3 Å². The largest absolute Gasteiger partial charge is 0.367 e. The maximum Gasteiger partial charge on any atom is 0.254 e. The van der Waals surface area contributed by atoms with Crippen LogP contribution in [0.25, 0.3) is 0 Å². The molecule has 3 aromatic rings. The average molecular weight is 563 g/mol. The van der Waals surface area contributed by atoms with Gasteiger partial charge in [-0.2, -0.15) is 0 Å². The van der Waals surface area contributed by atoms with Crippen LogP contribution < -0.4 is 5.73 Å². The second-order valence-electron chi connectivity index (χ2n) is 10.0. The zero-order chi connectivity index (χ0) is 27.9. The maximum atomic E-state index is 11.9. The Morgan fingerprint density at radius 3 is 1.53 bits per heavy atom. The Morgan fingerprint density at radius 1 is 0.842 bits per heavy atom. The van der Waals surface area contributed by atoms with E-state index in [4.69, 9.17) is 38.6 Å². The van der Waals surface area contributed by atoms with Gasteiger partial charge in [0.25, 0.3) is 11.8 Å². The summed E-state index contributed by atoms with van der Waals surface area (Å²) < 4.78 is 0. The molecule has 3 heterocycles. The van der Waals surface area contributed by atoms with Gasteiger partial charge in [0.05, 0.1) is 37.1 Å². The number of nitrogens with two attached hydrogens (primary N) is 1. The third kappa shape index (κ3) is 7.67. The Balaban J connectivity index is 0.000000173. The van der Waals surface area contributed by atoms with Crippen molar-refractivity contribution in [3.63, 3.8) is 0 Å². The number of nitrogens with one attached hydrogen (secondary N) is 1. The zero-order valence-corrected chi connectivity index (χ0v) is 23.3. The number of carbonyl (C=O) groups excluding carboxylic acids is 2. The minimum Gasteiger partial charge on any atom is -0.367 e. The molecule has 2 amide bonds. The van der Waals surface area contributed by atoms with Gasteiger partial charge in [-0.3, -0.25) is 24.4 Å². The smallest absolute Gasteiger partial charge is 0.254 e. The lowest BCUT2D eigenvalue weighted by molar-refractivity contribution is -0.165. The van der Waals surface area contributed by atoms with Gasteiger partial charge in [0.1, 0.15) is 6.33 Å². The maximum absolute atomic E-state index is 11.9. The van der Waals surface area contributed by atoms with Crippen LogP contribution in [0.2, 0.25) is 10.0 Å². The number of amides is 2. The molecule has 2 aliphatic rings. The molecule has 12 heteroatoms. The topological polar surface area (TPSA) is 127 Å². The van der Waals surface area contributed by atoms with Crippen molar-refractivity contribution in [1.82, 2.24) is 25.3 Å². The molecule has 1 aromatic heterocycles. The van der Waals surface area contributed by atoms with Crippen LogP contribution in [-0.4, -0.2) is 50.3 Å². The van der Waals surface area contributed by atoms with Crippen molar-refractivity contribution in [2.24, 2.45) is 10.8 Å². The molecular formula is C26H32Cl2N6O4. The van der Waals surface area contributed by atoms with Gasteiger partial charge in [-0.25, -0.2) is 15.1 Å². The van der Waals surface area contributed by atoms with E-state index in [1.807, 2.05) is 76.2 Å². The summed E-state index contributed by atoms with van der Waals surface area (Å²) in [6.07, 6.45) is 1.43. The summed E-state index contributed by atoms with van der Waals surface area (Å²) in [5.41, 5.74) is 5.96. The molecular weight excluding hydrogens is 531 g/mol. The van der Waals surface area contributed by atoms with E-state index < -0.39 is 10.8 Å². The molecule has 0 unspecified atom stereocenters. The number of rotatable bonds is 4. The summed E-state index contributed by atoms with van der Waals surface area (Å²) >= 11 is 12.1. The predicted molar refractivity (Wildman–Crippen MR) is 144 cm³/mol. The molecule has 2 saturated heterocycles. The van der Waals surface area contributed by atoms with Gasteiger partial charge in [-0.1, -0.05) is 59.6 Å². The average Bonchev–Trinajstić information content (AvgIpc) is 3.53. The quantitative estimate of drug-likeness (QED) is 0.473. The number of nitrogens with zero attached hydrogens (tertiary/aromatic N) is 4. The molecule has 0 radical (unpaired) electrons. The van der Waals surface area contributed by atoms with Crippen molar-refractivity contribution in [1.29, 1.82) is 0 Å². The van der Waals surface area contributed by atoms with Gasteiger partial charge in [-0.05, 0) is 51.0 Å².